The highest BCUT2D eigenvalue weighted by atomic mass is 32.2. The van der Waals surface area contributed by atoms with Gasteiger partial charge in [-0.3, -0.25) is 0 Å². The number of sulfone groups is 1. The lowest BCUT2D eigenvalue weighted by Gasteiger charge is -2.11. The quantitative estimate of drug-likeness (QED) is 0.847. The van der Waals surface area contributed by atoms with E-state index >= 15 is 0 Å². The fourth-order valence-corrected chi connectivity index (χ4v) is 3.30. The molecule has 2 aromatic rings. The van der Waals surface area contributed by atoms with Gasteiger partial charge in [0.15, 0.2) is 21.5 Å². The molecule has 0 heterocycles. The smallest absolute Gasteiger partial charge is 0.175 e. The summed E-state index contributed by atoms with van der Waals surface area (Å²) in [7, 11) is -3.27. The first kappa shape index (κ1) is 16.9. The van der Waals surface area contributed by atoms with E-state index in [4.69, 9.17) is 0 Å². The molecule has 0 saturated heterocycles. The fraction of sp³-hybridized carbons (Fsp3) is 0.200. The van der Waals surface area contributed by atoms with Crippen molar-refractivity contribution in [1.29, 1.82) is 0 Å². The normalized spacial score (nSPS) is 13.1. The van der Waals surface area contributed by atoms with Gasteiger partial charge in [-0.05, 0) is 35.9 Å². The van der Waals surface area contributed by atoms with Gasteiger partial charge in [0, 0.05) is 16.9 Å². The van der Waals surface area contributed by atoms with Crippen LogP contribution in [0.5, 0.6) is 0 Å². The number of aliphatic hydroxyl groups excluding tert-OH is 1. The van der Waals surface area contributed by atoms with Gasteiger partial charge < -0.3 is 5.11 Å². The number of halogens is 2. The molecule has 1 atom stereocenters. The van der Waals surface area contributed by atoms with Crippen LogP contribution in [0.25, 0.3) is 0 Å². The Bertz CT molecular complexity index is 759. The Morgan fingerprint density at radius 2 is 1.73 bits per heavy atom. The highest BCUT2D eigenvalue weighted by Gasteiger charge is 2.12. The highest BCUT2D eigenvalue weighted by Crippen LogP contribution is 2.26. The van der Waals surface area contributed by atoms with Crippen LogP contribution >= 0.6 is 11.8 Å². The molecule has 2 aromatic carbocycles. The number of aliphatic hydroxyl groups is 1. The summed E-state index contributed by atoms with van der Waals surface area (Å²) >= 11 is 1.18. The predicted octanol–water partition coefficient (Wildman–Crippen LogP) is 3.19. The molecular formula is C15H14F2O3S2. The summed E-state index contributed by atoms with van der Waals surface area (Å²) in [6, 6.07) is 9.46. The van der Waals surface area contributed by atoms with Crippen LogP contribution in [-0.4, -0.2) is 25.5 Å². The van der Waals surface area contributed by atoms with Crippen LogP contribution in [-0.2, 0) is 9.84 Å². The first-order valence-electron chi connectivity index (χ1n) is 6.33. The molecule has 0 aliphatic rings. The largest absolute Gasteiger partial charge is 0.388 e. The van der Waals surface area contributed by atoms with Crippen LogP contribution in [0, 0.1) is 11.6 Å². The lowest BCUT2D eigenvalue weighted by atomic mass is 10.1. The summed E-state index contributed by atoms with van der Waals surface area (Å²) in [5, 5.41) is 10.1. The third kappa shape index (κ3) is 4.28. The molecule has 1 N–H and O–H groups in total. The van der Waals surface area contributed by atoms with Crippen molar-refractivity contribution >= 4 is 21.6 Å². The first-order valence-corrected chi connectivity index (χ1v) is 9.21. The van der Waals surface area contributed by atoms with Crippen molar-refractivity contribution in [3.05, 3.63) is 59.7 Å². The Hall–Kier alpha value is -1.44. The maximum Gasteiger partial charge on any atom is 0.175 e. The van der Waals surface area contributed by atoms with Crippen molar-refractivity contribution in [1.82, 2.24) is 0 Å². The van der Waals surface area contributed by atoms with E-state index in [-0.39, 0.29) is 10.6 Å². The second-order valence-electron chi connectivity index (χ2n) is 4.74. The zero-order valence-electron chi connectivity index (χ0n) is 11.7. The Labute approximate surface area is 131 Å². The molecule has 7 heteroatoms. The lowest BCUT2D eigenvalue weighted by molar-refractivity contribution is 0.204. The standard InChI is InChI=1S/C15H14F2O3S2/c1-22(19,20)12-5-2-10(3-6-12)15(18)9-21-11-4-7-13(16)14(17)8-11/h2-8,15,18H,9H2,1H3. The van der Waals surface area contributed by atoms with Crippen LogP contribution < -0.4 is 0 Å². The van der Waals surface area contributed by atoms with E-state index in [1.807, 2.05) is 0 Å². The van der Waals surface area contributed by atoms with Gasteiger partial charge in [-0.2, -0.15) is 0 Å². The van der Waals surface area contributed by atoms with E-state index in [1.54, 1.807) is 0 Å². The average Bonchev–Trinajstić information content (AvgIpc) is 2.47. The predicted molar refractivity (Wildman–Crippen MR) is 81.6 cm³/mol. The van der Waals surface area contributed by atoms with Gasteiger partial charge in [0.05, 0.1) is 11.0 Å². The maximum atomic E-state index is 13.1. The molecule has 0 aromatic heterocycles. The van der Waals surface area contributed by atoms with Crippen molar-refractivity contribution in [2.24, 2.45) is 0 Å². The first-order chi connectivity index (χ1) is 10.3. The van der Waals surface area contributed by atoms with Gasteiger partial charge in [-0.15, -0.1) is 11.8 Å². The molecule has 0 bridgehead atoms. The second kappa shape index (κ2) is 6.76. The van der Waals surface area contributed by atoms with Crippen molar-refractivity contribution < 1.29 is 22.3 Å². The van der Waals surface area contributed by atoms with Crippen LogP contribution in [0.1, 0.15) is 11.7 Å². The van der Waals surface area contributed by atoms with E-state index in [2.05, 4.69) is 0 Å². The average molecular weight is 344 g/mol. The molecule has 3 nitrogen and oxygen atoms in total. The Kier molecular flexibility index (Phi) is 5.20. The lowest BCUT2D eigenvalue weighted by Crippen LogP contribution is -2.02. The number of benzene rings is 2. The van der Waals surface area contributed by atoms with Crippen LogP contribution in [0.15, 0.2) is 52.3 Å². The van der Waals surface area contributed by atoms with E-state index in [0.29, 0.717) is 10.5 Å². The monoisotopic (exact) mass is 344 g/mol. The molecule has 0 fully saturated rings. The van der Waals surface area contributed by atoms with E-state index in [0.717, 1.165) is 18.4 Å². The minimum absolute atomic E-state index is 0.178. The van der Waals surface area contributed by atoms with Gasteiger partial charge in [0.25, 0.3) is 0 Å². The molecule has 0 amide bonds. The van der Waals surface area contributed by atoms with Gasteiger partial charge >= 0.3 is 0 Å². The van der Waals surface area contributed by atoms with Crippen LogP contribution in [0.3, 0.4) is 0 Å². The summed E-state index contributed by atoms with van der Waals surface area (Å²) in [4.78, 5) is 0.683. The van der Waals surface area contributed by atoms with Gasteiger partial charge in [-0.25, -0.2) is 17.2 Å². The summed E-state index contributed by atoms with van der Waals surface area (Å²) in [5.74, 6) is -1.61. The third-order valence-electron chi connectivity index (χ3n) is 2.99. The molecule has 22 heavy (non-hydrogen) atoms. The van der Waals surface area contributed by atoms with Gasteiger partial charge in [0.2, 0.25) is 0 Å². The Balaban J connectivity index is 2.03. The van der Waals surface area contributed by atoms with E-state index in [1.165, 1.54) is 42.1 Å². The molecule has 2 rings (SSSR count). The van der Waals surface area contributed by atoms with E-state index < -0.39 is 27.6 Å². The summed E-state index contributed by atoms with van der Waals surface area (Å²) in [6.07, 6.45) is 0.268. The van der Waals surface area contributed by atoms with Gasteiger partial charge in [-0.1, -0.05) is 12.1 Å². The minimum atomic E-state index is -3.27. The zero-order chi connectivity index (χ0) is 16.3. The number of rotatable bonds is 5. The topological polar surface area (TPSA) is 54.4 Å². The van der Waals surface area contributed by atoms with Crippen molar-refractivity contribution in [2.45, 2.75) is 15.9 Å². The second-order valence-corrected chi connectivity index (χ2v) is 7.85. The molecule has 0 aliphatic carbocycles. The SMILES string of the molecule is CS(=O)(=O)c1ccc(C(O)CSc2ccc(F)c(F)c2)cc1. The summed E-state index contributed by atoms with van der Waals surface area (Å²) in [5.41, 5.74) is 0.558. The van der Waals surface area contributed by atoms with Crippen molar-refractivity contribution in [3.8, 4) is 0 Å². The molecule has 0 spiro atoms. The number of hydrogen-bond donors (Lipinski definition) is 1. The molecule has 0 saturated carbocycles. The summed E-state index contributed by atoms with van der Waals surface area (Å²) < 4.78 is 48.6. The van der Waals surface area contributed by atoms with Gasteiger partial charge in [0.1, 0.15) is 0 Å². The minimum Gasteiger partial charge on any atom is -0.388 e. The van der Waals surface area contributed by atoms with Crippen molar-refractivity contribution in [3.63, 3.8) is 0 Å². The Morgan fingerprint density at radius 1 is 1.09 bits per heavy atom. The van der Waals surface area contributed by atoms with Crippen LogP contribution in [0.4, 0.5) is 8.78 Å². The molecule has 118 valence electrons. The number of hydrogen-bond acceptors (Lipinski definition) is 4. The van der Waals surface area contributed by atoms with E-state index in [9.17, 15) is 22.3 Å². The molecule has 0 aliphatic heterocycles. The zero-order valence-corrected chi connectivity index (χ0v) is 13.3. The fourth-order valence-electron chi connectivity index (χ4n) is 1.78. The number of thioether (sulfide) groups is 1. The molecule has 1 unspecified atom stereocenters. The Morgan fingerprint density at radius 3 is 2.27 bits per heavy atom. The summed E-state index contributed by atoms with van der Waals surface area (Å²) in [6.45, 7) is 0. The highest BCUT2D eigenvalue weighted by molar-refractivity contribution is 7.99. The molecular weight excluding hydrogens is 330 g/mol. The third-order valence-corrected chi connectivity index (χ3v) is 5.19. The van der Waals surface area contributed by atoms with Crippen molar-refractivity contribution in [2.75, 3.05) is 12.0 Å². The van der Waals surface area contributed by atoms with Crippen LogP contribution in [0.2, 0.25) is 0 Å². The maximum absolute atomic E-state index is 13.1. The molecule has 0 radical (unpaired) electrons.